The molecule has 150 valence electrons. The molecule has 1 aliphatic rings. The predicted octanol–water partition coefficient (Wildman–Crippen LogP) is 2.89. The third kappa shape index (κ3) is 5.59. The van der Waals surface area contributed by atoms with Gasteiger partial charge >= 0.3 is 6.09 Å². The Balaban J connectivity index is 1.51. The van der Waals surface area contributed by atoms with Crippen LogP contribution >= 0.6 is 0 Å². The van der Waals surface area contributed by atoms with Gasteiger partial charge in [0.2, 0.25) is 10.0 Å². The van der Waals surface area contributed by atoms with E-state index in [1.807, 2.05) is 18.3 Å². The number of piperidine rings is 1. The van der Waals surface area contributed by atoms with Crippen molar-refractivity contribution in [3.63, 3.8) is 0 Å². The van der Waals surface area contributed by atoms with Crippen LogP contribution in [0.2, 0.25) is 0 Å². The number of benzene rings is 1. The molecule has 1 aromatic heterocycles. The molecular weight excluding hydrogens is 382 g/mol. The number of likely N-dealkylation sites (tertiary alicyclic amines) is 1. The fourth-order valence-corrected chi connectivity index (χ4v) is 3.72. The predicted molar refractivity (Wildman–Crippen MR) is 105 cm³/mol. The number of anilines is 1. The van der Waals surface area contributed by atoms with Crippen molar-refractivity contribution in [3.8, 4) is 5.75 Å². The van der Waals surface area contributed by atoms with Gasteiger partial charge in [0.15, 0.2) is 0 Å². The van der Waals surface area contributed by atoms with Gasteiger partial charge in [-0.3, -0.25) is 9.71 Å². The number of amides is 1. The van der Waals surface area contributed by atoms with Crippen molar-refractivity contribution in [1.82, 2.24) is 9.88 Å². The number of sulfonamides is 1. The number of nitrogens with one attached hydrogen (secondary N) is 1. The molecule has 0 unspecified atom stereocenters. The minimum absolute atomic E-state index is 0.302. The fraction of sp³-hybridized carbons (Fsp3) is 0.368. The molecule has 0 spiro atoms. The molecule has 2 heterocycles. The Labute approximate surface area is 164 Å². The molecule has 1 saturated heterocycles. The summed E-state index contributed by atoms with van der Waals surface area (Å²) in [5, 5.41) is 9.02. The first-order valence-corrected chi connectivity index (χ1v) is 10.8. The van der Waals surface area contributed by atoms with Crippen LogP contribution < -0.4 is 9.46 Å². The molecule has 28 heavy (non-hydrogen) atoms. The molecule has 2 aromatic rings. The van der Waals surface area contributed by atoms with Crippen LogP contribution in [0.15, 0.2) is 42.6 Å². The highest BCUT2D eigenvalue weighted by Crippen LogP contribution is 2.27. The van der Waals surface area contributed by atoms with Crippen molar-refractivity contribution in [2.24, 2.45) is 0 Å². The lowest BCUT2D eigenvalue weighted by atomic mass is 9.90. The van der Waals surface area contributed by atoms with Crippen molar-refractivity contribution in [2.75, 3.05) is 24.1 Å². The van der Waals surface area contributed by atoms with E-state index in [0.717, 1.165) is 30.4 Å². The maximum atomic E-state index is 11.2. The Bertz CT molecular complexity index is 906. The van der Waals surface area contributed by atoms with E-state index in [1.165, 1.54) is 4.90 Å². The van der Waals surface area contributed by atoms with Crippen LogP contribution in [-0.4, -0.2) is 48.8 Å². The number of pyridine rings is 1. The Morgan fingerprint density at radius 3 is 2.43 bits per heavy atom. The molecule has 1 amide bonds. The molecule has 0 radical (unpaired) electrons. The summed E-state index contributed by atoms with van der Waals surface area (Å²) < 4.78 is 30.5. The molecular formula is C19H23N3O5S. The Morgan fingerprint density at radius 2 is 1.89 bits per heavy atom. The van der Waals surface area contributed by atoms with Gasteiger partial charge in [0.05, 0.1) is 11.9 Å². The zero-order chi connectivity index (χ0) is 20.1. The van der Waals surface area contributed by atoms with Gasteiger partial charge < -0.3 is 14.7 Å². The summed E-state index contributed by atoms with van der Waals surface area (Å²) in [6, 6.07) is 10.6. The number of carboxylic acid groups (broad SMARTS) is 1. The molecule has 1 fully saturated rings. The Morgan fingerprint density at radius 1 is 1.21 bits per heavy atom. The van der Waals surface area contributed by atoms with Crippen LogP contribution in [0.3, 0.4) is 0 Å². The Hall–Kier alpha value is -2.81. The highest BCUT2D eigenvalue weighted by Gasteiger charge is 2.23. The largest absolute Gasteiger partial charge is 0.487 e. The highest BCUT2D eigenvalue weighted by atomic mass is 32.2. The van der Waals surface area contributed by atoms with Crippen LogP contribution in [-0.2, 0) is 16.6 Å². The summed E-state index contributed by atoms with van der Waals surface area (Å²) in [5.41, 5.74) is 2.38. The minimum Gasteiger partial charge on any atom is -0.487 e. The van der Waals surface area contributed by atoms with Gasteiger partial charge in [-0.25, -0.2) is 13.2 Å². The lowest BCUT2D eigenvalue weighted by Gasteiger charge is -2.30. The first-order valence-electron chi connectivity index (χ1n) is 8.93. The summed E-state index contributed by atoms with van der Waals surface area (Å²) in [6.45, 7) is 1.40. The minimum atomic E-state index is -3.30. The Kier molecular flexibility index (Phi) is 6.03. The van der Waals surface area contributed by atoms with E-state index in [4.69, 9.17) is 9.84 Å². The van der Waals surface area contributed by atoms with Crippen molar-refractivity contribution in [2.45, 2.75) is 25.4 Å². The third-order valence-electron chi connectivity index (χ3n) is 4.63. The number of hydrogen-bond acceptors (Lipinski definition) is 5. The van der Waals surface area contributed by atoms with Crippen LogP contribution in [0.4, 0.5) is 10.5 Å². The third-order valence-corrected chi connectivity index (χ3v) is 5.24. The number of aromatic nitrogens is 1. The first-order chi connectivity index (χ1) is 13.3. The van der Waals surface area contributed by atoms with Gasteiger partial charge in [0.25, 0.3) is 0 Å². The average molecular weight is 405 g/mol. The van der Waals surface area contributed by atoms with E-state index in [1.54, 1.807) is 24.3 Å². The molecule has 3 rings (SSSR count). The second kappa shape index (κ2) is 8.47. The first kappa shape index (κ1) is 19.9. The zero-order valence-electron chi connectivity index (χ0n) is 15.5. The van der Waals surface area contributed by atoms with Gasteiger partial charge in [-0.2, -0.15) is 0 Å². The summed E-state index contributed by atoms with van der Waals surface area (Å²) >= 11 is 0. The molecule has 9 heteroatoms. The monoisotopic (exact) mass is 405 g/mol. The van der Waals surface area contributed by atoms with E-state index in [2.05, 4.69) is 9.71 Å². The van der Waals surface area contributed by atoms with E-state index >= 15 is 0 Å². The van der Waals surface area contributed by atoms with Gasteiger partial charge in [0, 0.05) is 25.0 Å². The summed E-state index contributed by atoms with van der Waals surface area (Å²) in [4.78, 5) is 16.9. The van der Waals surface area contributed by atoms with Crippen molar-refractivity contribution >= 4 is 21.8 Å². The van der Waals surface area contributed by atoms with E-state index in [0.29, 0.717) is 37.1 Å². The lowest BCUT2D eigenvalue weighted by Crippen LogP contribution is -2.36. The van der Waals surface area contributed by atoms with Crippen LogP contribution in [0.25, 0.3) is 0 Å². The summed E-state index contributed by atoms with van der Waals surface area (Å²) in [6.07, 6.45) is 3.68. The topological polar surface area (TPSA) is 109 Å². The molecule has 8 nitrogen and oxygen atoms in total. The van der Waals surface area contributed by atoms with Crippen LogP contribution in [0.5, 0.6) is 5.75 Å². The van der Waals surface area contributed by atoms with E-state index < -0.39 is 16.1 Å². The molecule has 0 atom stereocenters. The second-order valence-corrected chi connectivity index (χ2v) is 8.56. The molecule has 0 saturated carbocycles. The van der Waals surface area contributed by atoms with Crippen molar-refractivity contribution < 1.29 is 23.1 Å². The fourth-order valence-electron chi connectivity index (χ4n) is 3.16. The molecule has 1 aliphatic heterocycles. The van der Waals surface area contributed by atoms with E-state index in [9.17, 15) is 13.2 Å². The SMILES string of the molecule is CS(=O)(=O)Nc1ccc(OCc2ccc(C3CCN(C(=O)O)CC3)cn2)cc1. The number of nitrogens with zero attached hydrogens (tertiary/aromatic N) is 2. The molecule has 1 aromatic carbocycles. The van der Waals surface area contributed by atoms with Gasteiger partial charge in [-0.15, -0.1) is 0 Å². The highest BCUT2D eigenvalue weighted by molar-refractivity contribution is 7.92. The van der Waals surface area contributed by atoms with Crippen LogP contribution in [0.1, 0.15) is 30.0 Å². The quantitative estimate of drug-likeness (QED) is 0.765. The maximum absolute atomic E-state index is 11.2. The van der Waals surface area contributed by atoms with Crippen LogP contribution in [0, 0.1) is 0 Å². The van der Waals surface area contributed by atoms with Crippen molar-refractivity contribution in [1.29, 1.82) is 0 Å². The molecule has 2 N–H and O–H groups in total. The number of ether oxygens (including phenoxy) is 1. The molecule has 0 aliphatic carbocycles. The number of rotatable bonds is 6. The summed E-state index contributed by atoms with van der Waals surface area (Å²) in [7, 11) is -3.30. The normalized spacial score (nSPS) is 15.2. The van der Waals surface area contributed by atoms with Gasteiger partial charge in [0.1, 0.15) is 12.4 Å². The van der Waals surface area contributed by atoms with Gasteiger partial charge in [-0.1, -0.05) is 6.07 Å². The standard InChI is InChI=1S/C19H23N3O5S/c1-28(25,26)21-16-4-6-18(7-5-16)27-13-17-3-2-15(12-20-17)14-8-10-22(11-9-14)19(23)24/h2-7,12,14,21H,8-11,13H2,1H3,(H,23,24). The lowest BCUT2D eigenvalue weighted by molar-refractivity contribution is 0.132. The molecule has 0 bridgehead atoms. The maximum Gasteiger partial charge on any atom is 0.407 e. The summed E-state index contributed by atoms with van der Waals surface area (Å²) in [5.74, 6) is 0.943. The smallest absolute Gasteiger partial charge is 0.407 e. The van der Waals surface area contributed by atoms with E-state index in [-0.39, 0.29) is 0 Å². The number of hydrogen-bond donors (Lipinski definition) is 2. The second-order valence-electron chi connectivity index (χ2n) is 6.81. The number of carbonyl (C=O) groups is 1. The average Bonchev–Trinajstić information content (AvgIpc) is 2.67. The zero-order valence-corrected chi connectivity index (χ0v) is 16.4. The van der Waals surface area contributed by atoms with Crippen molar-refractivity contribution in [3.05, 3.63) is 53.9 Å². The van der Waals surface area contributed by atoms with Gasteiger partial charge in [-0.05, 0) is 54.7 Å².